The molecule has 1 aliphatic rings. The van der Waals surface area contributed by atoms with E-state index in [1.807, 2.05) is 42.2 Å². The summed E-state index contributed by atoms with van der Waals surface area (Å²) in [4.78, 5) is 14.3. The molecule has 1 atom stereocenters. The molecule has 1 fully saturated rings. The largest absolute Gasteiger partial charge is 0.324 e. The molecule has 2 N–H and O–H groups in total. The van der Waals surface area contributed by atoms with Gasteiger partial charge in [0.2, 0.25) is 0 Å². The molecule has 0 radical (unpaired) electrons. The van der Waals surface area contributed by atoms with Crippen molar-refractivity contribution in [3.8, 4) is 0 Å². The lowest BCUT2D eigenvalue weighted by molar-refractivity contribution is 0.185. The Morgan fingerprint density at radius 3 is 2.54 bits per heavy atom. The number of urea groups is 1. The lowest BCUT2D eigenvalue weighted by Crippen LogP contribution is -2.49. The molecule has 1 unspecified atom stereocenters. The number of hydrogen-bond acceptors (Lipinski definition) is 3. The van der Waals surface area contributed by atoms with Gasteiger partial charge in [-0.15, -0.1) is 0 Å². The highest BCUT2D eigenvalue weighted by Crippen LogP contribution is 2.14. The van der Waals surface area contributed by atoms with E-state index in [-0.39, 0.29) is 6.03 Å². The summed E-state index contributed by atoms with van der Waals surface area (Å²) in [6.07, 6.45) is 1.95. The van der Waals surface area contributed by atoms with Crippen molar-refractivity contribution in [1.29, 1.82) is 0 Å². The number of carbonyl (C=O) groups is 1. The van der Waals surface area contributed by atoms with Crippen molar-refractivity contribution in [2.45, 2.75) is 52.2 Å². The van der Waals surface area contributed by atoms with Crippen molar-refractivity contribution in [3.05, 3.63) is 47.8 Å². The minimum absolute atomic E-state index is 0.00894. The molecule has 1 aromatic heterocycles. The van der Waals surface area contributed by atoms with Gasteiger partial charge in [-0.2, -0.15) is 5.10 Å². The van der Waals surface area contributed by atoms with E-state index in [2.05, 4.69) is 40.3 Å². The number of likely N-dealkylation sites (tertiary alicyclic amines) is 1. The highest BCUT2D eigenvalue weighted by atomic mass is 16.2. The molecule has 1 aliphatic heterocycles. The Hall–Kier alpha value is -2.34. The number of amides is 2. The maximum Gasteiger partial charge on any atom is 0.321 e. The smallest absolute Gasteiger partial charge is 0.321 e. The van der Waals surface area contributed by atoms with E-state index < -0.39 is 0 Å². The summed E-state index contributed by atoms with van der Waals surface area (Å²) in [6, 6.07) is 12.5. The number of carbonyl (C=O) groups excluding carboxylic acids is 1. The summed E-state index contributed by atoms with van der Waals surface area (Å²) in [7, 11) is 0. The molecule has 0 bridgehead atoms. The van der Waals surface area contributed by atoms with E-state index in [0.29, 0.717) is 12.1 Å². The fraction of sp³-hybridized carbons (Fsp3) is 0.500. The Labute approximate surface area is 155 Å². The maximum absolute atomic E-state index is 12.4. The number of piperidine rings is 1. The lowest BCUT2D eigenvalue weighted by Gasteiger charge is -2.34. The van der Waals surface area contributed by atoms with Crippen LogP contribution >= 0.6 is 0 Å². The number of aromatic nitrogens is 2. The molecule has 0 saturated carbocycles. The molecule has 140 valence electrons. The zero-order valence-electron chi connectivity index (χ0n) is 15.9. The number of aryl methyl sites for hydroxylation is 2. The third kappa shape index (κ3) is 4.85. The number of hydrogen-bond donors (Lipinski definition) is 2. The molecule has 6 heteroatoms. The summed E-state index contributed by atoms with van der Waals surface area (Å²) in [6.45, 7) is 8.75. The predicted octanol–water partition coefficient (Wildman–Crippen LogP) is 3.17. The van der Waals surface area contributed by atoms with Crippen LogP contribution < -0.4 is 10.6 Å². The van der Waals surface area contributed by atoms with Crippen LogP contribution in [0.25, 0.3) is 0 Å². The van der Waals surface area contributed by atoms with Crippen molar-refractivity contribution >= 4 is 11.7 Å². The van der Waals surface area contributed by atoms with Crippen LogP contribution in [0.4, 0.5) is 10.5 Å². The number of para-hydroxylation sites is 1. The van der Waals surface area contributed by atoms with E-state index in [1.165, 1.54) is 5.69 Å². The van der Waals surface area contributed by atoms with Crippen molar-refractivity contribution in [1.82, 2.24) is 20.0 Å². The Morgan fingerprint density at radius 1 is 1.23 bits per heavy atom. The average molecular weight is 355 g/mol. The first-order valence-corrected chi connectivity index (χ1v) is 9.39. The van der Waals surface area contributed by atoms with Gasteiger partial charge in [0.1, 0.15) is 0 Å². The molecule has 3 rings (SSSR count). The fourth-order valence-electron chi connectivity index (χ4n) is 3.55. The van der Waals surface area contributed by atoms with E-state index in [9.17, 15) is 4.79 Å². The highest BCUT2D eigenvalue weighted by Gasteiger charge is 2.23. The molecule has 2 heterocycles. The molecule has 26 heavy (non-hydrogen) atoms. The van der Waals surface area contributed by atoms with Crippen LogP contribution in [0.1, 0.15) is 31.2 Å². The average Bonchev–Trinajstić information content (AvgIpc) is 2.93. The van der Waals surface area contributed by atoms with Crippen LogP contribution in [0.5, 0.6) is 0 Å². The van der Waals surface area contributed by atoms with Gasteiger partial charge < -0.3 is 15.5 Å². The van der Waals surface area contributed by atoms with Crippen LogP contribution in [0.2, 0.25) is 0 Å². The molecule has 1 saturated heterocycles. The Balaban J connectivity index is 1.43. The van der Waals surface area contributed by atoms with Gasteiger partial charge in [-0.05, 0) is 51.8 Å². The number of benzene rings is 1. The monoisotopic (exact) mass is 355 g/mol. The molecule has 2 amide bonds. The molecule has 0 spiro atoms. The zero-order chi connectivity index (χ0) is 18.5. The van der Waals surface area contributed by atoms with Gasteiger partial charge >= 0.3 is 6.03 Å². The van der Waals surface area contributed by atoms with Crippen LogP contribution in [0, 0.1) is 13.8 Å². The normalized spacial score (nSPS) is 16.5. The Bertz CT molecular complexity index is 719. The Kier molecular flexibility index (Phi) is 5.93. The van der Waals surface area contributed by atoms with Gasteiger partial charge in [0.05, 0.1) is 12.2 Å². The minimum Gasteiger partial charge on any atom is -0.324 e. The van der Waals surface area contributed by atoms with E-state index >= 15 is 0 Å². The van der Waals surface area contributed by atoms with Crippen LogP contribution in [-0.2, 0) is 6.54 Å². The minimum atomic E-state index is -0.00894. The second kappa shape index (κ2) is 8.36. The van der Waals surface area contributed by atoms with E-state index in [1.54, 1.807) is 0 Å². The molecular weight excluding hydrogens is 326 g/mol. The lowest BCUT2D eigenvalue weighted by atomic mass is 10.0. The number of anilines is 1. The first-order valence-electron chi connectivity index (χ1n) is 9.39. The van der Waals surface area contributed by atoms with Gasteiger partial charge in [-0.1, -0.05) is 18.2 Å². The first kappa shape index (κ1) is 18.5. The van der Waals surface area contributed by atoms with Crippen LogP contribution in [0.15, 0.2) is 36.4 Å². The fourth-order valence-corrected chi connectivity index (χ4v) is 3.55. The van der Waals surface area contributed by atoms with Crippen molar-refractivity contribution in [3.63, 3.8) is 0 Å². The van der Waals surface area contributed by atoms with E-state index in [0.717, 1.165) is 43.9 Å². The van der Waals surface area contributed by atoms with Crippen LogP contribution in [0.3, 0.4) is 0 Å². The van der Waals surface area contributed by atoms with Gasteiger partial charge in [-0.3, -0.25) is 4.68 Å². The molecule has 1 aromatic carbocycles. The second-order valence-corrected chi connectivity index (χ2v) is 7.23. The Morgan fingerprint density at radius 2 is 1.92 bits per heavy atom. The standard InChI is InChI=1S/C20H29N5O/c1-15-13-17(3)25(23-15)14-16(2)21-19-9-11-24(12-10-19)20(26)22-18-7-5-4-6-8-18/h4-8,13,16,19,21H,9-12,14H2,1-3H3,(H,22,26). The van der Waals surface area contributed by atoms with Crippen molar-refractivity contribution < 1.29 is 4.79 Å². The summed E-state index contributed by atoms with van der Waals surface area (Å²) in [5.41, 5.74) is 3.10. The quantitative estimate of drug-likeness (QED) is 0.866. The second-order valence-electron chi connectivity index (χ2n) is 7.23. The summed E-state index contributed by atoms with van der Waals surface area (Å²) in [5.74, 6) is 0. The highest BCUT2D eigenvalue weighted by molar-refractivity contribution is 5.89. The molecule has 6 nitrogen and oxygen atoms in total. The first-order chi connectivity index (χ1) is 12.5. The molecular formula is C20H29N5O. The molecule has 2 aromatic rings. The SMILES string of the molecule is Cc1cc(C)n(CC(C)NC2CCN(C(=O)Nc3ccccc3)CC2)n1. The van der Waals surface area contributed by atoms with Crippen molar-refractivity contribution in [2.24, 2.45) is 0 Å². The summed E-state index contributed by atoms with van der Waals surface area (Å²) in [5, 5.41) is 11.2. The zero-order valence-corrected chi connectivity index (χ0v) is 15.9. The third-order valence-electron chi connectivity index (χ3n) is 4.88. The van der Waals surface area contributed by atoms with Crippen molar-refractivity contribution in [2.75, 3.05) is 18.4 Å². The van der Waals surface area contributed by atoms with Crippen LogP contribution in [-0.4, -0.2) is 45.9 Å². The summed E-state index contributed by atoms with van der Waals surface area (Å²) >= 11 is 0. The topological polar surface area (TPSA) is 62.2 Å². The summed E-state index contributed by atoms with van der Waals surface area (Å²) < 4.78 is 2.06. The van der Waals surface area contributed by atoms with Gasteiger partial charge in [0, 0.05) is 36.6 Å². The third-order valence-corrected chi connectivity index (χ3v) is 4.88. The van der Waals surface area contributed by atoms with Gasteiger partial charge in [0.15, 0.2) is 0 Å². The van der Waals surface area contributed by atoms with Gasteiger partial charge in [-0.25, -0.2) is 4.79 Å². The number of rotatable bonds is 5. The number of nitrogens with one attached hydrogen (secondary N) is 2. The van der Waals surface area contributed by atoms with Gasteiger partial charge in [0.25, 0.3) is 0 Å². The van der Waals surface area contributed by atoms with E-state index in [4.69, 9.17) is 0 Å². The predicted molar refractivity (Wildman–Crippen MR) is 104 cm³/mol. The molecule has 0 aliphatic carbocycles. The number of nitrogens with zero attached hydrogens (tertiary/aromatic N) is 3. The maximum atomic E-state index is 12.4.